The van der Waals surface area contributed by atoms with Crippen LogP contribution in [0.2, 0.25) is 0 Å². The number of hydrogen-bond acceptors (Lipinski definition) is 5. The SMILES string of the molecule is NC(=O)c1n[nH]nc1-c1ccc(OC2CCOCC2)cc1. The van der Waals surface area contributed by atoms with Gasteiger partial charge in [0, 0.05) is 18.4 Å². The quantitative estimate of drug-likeness (QED) is 0.877. The highest BCUT2D eigenvalue weighted by Crippen LogP contribution is 2.24. The van der Waals surface area contributed by atoms with Gasteiger partial charge in [0.15, 0.2) is 5.69 Å². The first-order valence-electron chi connectivity index (χ1n) is 6.79. The highest BCUT2D eigenvalue weighted by Gasteiger charge is 2.17. The molecular weight excluding hydrogens is 272 g/mol. The van der Waals surface area contributed by atoms with E-state index in [1.165, 1.54) is 0 Å². The zero-order chi connectivity index (χ0) is 14.7. The Morgan fingerprint density at radius 2 is 1.95 bits per heavy atom. The first-order valence-corrected chi connectivity index (χ1v) is 6.79. The summed E-state index contributed by atoms with van der Waals surface area (Å²) in [4.78, 5) is 11.2. The molecule has 7 nitrogen and oxygen atoms in total. The van der Waals surface area contributed by atoms with Crippen molar-refractivity contribution >= 4 is 5.91 Å². The van der Waals surface area contributed by atoms with Crippen LogP contribution in [-0.2, 0) is 4.74 Å². The number of rotatable bonds is 4. The van der Waals surface area contributed by atoms with Crippen molar-refractivity contribution in [1.29, 1.82) is 0 Å². The summed E-state index contributed by atoms with van der Waals surface area (Å²) >= 11 is 0. The van der Waals surface area contributed by atoms with E-state index < -0.39 is 5.91 Å². The molecule has 21 heavy (non-hydrogen) atoms. The summed E-state index contributed by atoms with van der Waals surface area (Å²) in [7, 11) is 0. The maximum Gasteiger partial charge on any atom is 0.271 e. The van der Waals surface area contributed by atoms with E-state index in [4.69, 9.17) is 15.2 Å². The average Bonchev–Trinajstić information content (AvgIpc) is 2.99. The first-order chi connectivity index (χ1) is 10.2. The van der Waals surface area contributed by atoms with E-state index in [2.05, 4.69) is 15.4 Å². The molecule has 7 heteroatoms. The summed E-state index contributed by atoms with van der Waals surface area (Å²) in [5.41, 5.74) is 6.59. The normalized spacial score (nSPS) is 15.8. The molecule has 0 atom stereocenters. The average molecular weight is 288 g/mol. The van der Waals surface area contributed by atoms with Crippen molar-refractivity contribution in [2.75, 3.05) is 13.2 Å². The predicted octanol–water partition coefficient (Wildman–Crippen LogP) is 1.13. The molecule has 1 aromatic heterocycles. The van der Waals surface area contributed by atoms with Crippen molar-refractivity contribution in [3.63, 3.8) is 0 Å². The number of H-pyrrole nitrogens is 1. The number of carbonyl (C=O) groups is 1. The van der Waals surface area contributed by atoms with Crippen LogP contribution in [0, 0.1) is 0 Å². The summed E-state index contributed by atoms with van der Waals surface area (Å²) in [5.74, 6) is 0.177. The molecule has 1 aliphatic rings. The van der Waals surface area contributed by atoms with Crippen LogP contribution in [0.3, 0.4) is 0 Å². The lowest BCUT2D eigenvalue weighted by atomic mass is 10.1. The Bertz CT molecular complexity index is 617. The third kappa shape index (κ3) is 3.03. The van der Waals surface area contributed by atoms with Gasteiger partial charge in [-0.05, 0) is 24.3 Å². The van der Waals surface area contributed by atoms with Crippen molar-refractivity contribution in [2.45, 2.75) is 18.9 Å². The largest absolute Gasteiger partial charge is 0.490 e. The molecular formula is C14H16N4O3. The molecule has 1 amide bonds. The van der Waals surface area contributed by atoms with Crippen molar-refractivity contribution < 1.29 is 14.3 Å². The molecule has 3 N–H and O–H groups in total. The summed E-state index contributed by atoms with van der Waals surface area (Å²) in [6.45, 7) is 1.48. The van der Waals surface area contributed by atoms with Gasteiger partial charge in [0.25, 0.3) is 5.91 Å². The van der Waals surface area contributed by atoms with Crippen LogP contribution >= 0.6 is 0 Å². The summed E-state index contributed by atoms with van der Waals surface area (Å²) < 4.78 is 11.2. The van der Waals surface area contributed by atoms with Crippen LogP contribution in [0.15, 0.2) is 24.3 Å². The topological polar surface area (TPSA) is 103 Å². The molecule has 0 radical (unpaired) electrons. The molecule has 2 aromatic rings. The summed E-state index contributed by atoms with van der Waals surface area (Å²) in [6.07, 6.45) is 1.99. The Hall–Kier alpha value is -2.41. The molecule has 1 fully saturated rings. The lowest BCUT2D eigenvalue weighted by Gasteiger charge is -2.23. The number of benzene rings is 1. The van der Waals surface area contributed by atoms with Crippen molar-refractivity contribution in [1.82, 2.24) is 15.4 Å². The zero-order valence-corrected chi connectivity index (χ0v) is 11.4. The van der Waals surface area contributed by atoms with Gasteiger partial charge < -0.3 is 15.2 Å². The molecule has 0 unspecified atom stereocenters. The minimum absolute atomic E-state index is 0.132. The van der Waals surface area contributed by atoms with Crippen LogP contribution in [-0.4, -0.2) is 40.6 Å². The van der Waals surface area contributed by atoms with Crippen LogP contribution < -0.4 is 10.5 Å². The predicted molar refractivity (Wildman–Crippen MR) is 74.8 cm³/mol. The standard InChI is InChI=1S/C14H16N4O3/c15-14(19)13-12(16-18-17-13)9-1-3-10(4-2-9)21-11-5-7-20-8-6-11/h1-4,11H,5-8H2,(H2,15,19)(H,16,17,18). The van der Waals surface area contributed by atoms with E-state index in [-0.39, 0.29) is 11.8 Å². The zero-order valence-electron chi connectivity index (χ0n) is 11.4. The number of ether oxygens (including phenoxy) is 2. The van der Waals surface area contributed by atoms with E-state index in [0.29, 0.717) is 5.69 Å². The molecule has 110 valence electrons. The molecule has 3 rings (SSSR count). The van der Waals surface area contributed by atoms with Gasteiger partial charge in [0.05, 0.1) is 13.2 Å². The maximum absolute atomic E-state index is 11.2. The number of hydrogen-bond donors (Lipinski definition) is 2. The fraction of sp³-hybridized carbons (Fsp3) is 0.357. The first kappa shape index (κ1) is 13.6. The number of nitrogens with one attached hydrogen (secondary N) is 1. The monoisotopic (exact) mass is 288 g/mol. The van der Waals surface area contributed by atoms with Crippen molar-refractivity contribution in [3.8, 4) is 17.0 Å². The van der Waals surface area contributed by atoms with Gasteiger partial charge in [-0.25, -0.2) is 0 Å². The second-order valence-corrected chi connectivity index (χ2v) is 4.84. The Kier molecular flexibility index (Phi) is 3.83. The van der Waals surface area contributed by atoms with E-state index >= 15 is 0 Å². The molecule has 0 aliphatic carbocycles. The van der Waals surface area contributed by atoms with Crippen molar-refractivity contribution in [2.24, 2.45) is 5.73 Å². The Morgan fingerprint density at radius 1 is 1.24 bits per heavy atom. The Morgan fingerprint density at radius 3 is 2.62 bits per heavy atom. The maximum atomic E-state index is 11.2. The Balaban J connectivity index is 1.74. The number of aromatic amines is 1. The van der Waals surface area contributed by atoms with Crippen molar-refractivity contribution in [3.05, 3.63) is 30.0 Å². The number of aromatic nitrogens is 3. The third-order valence-corrected chi connectivity index (χ3v) is 3.38. The fourth-order valence-electron chi connectivity index (χ4n) is 2.28. The van der Waals surface area contributed by atoms with E-state index in [9.17, 15) is 4.79 Å². The highest BCUT2D eigenvalue weighted by molar-refractivity contribution is 5.96. The van der Waals surface area contributed by atoms with Crippen LogP contribution in [0.25, 0.3) is 11.3 Å². The molecule has 1 saturated heterocycles. The van der Waals surface area contributed by atoms with Gasteiger partial charge in [-0.15, -0.1) is 0 Å². The number of nitrogens with zero attached hydrogens (tertiary/aromatic N) is 2. The van der Waals surface area contributed by atoms with Gasteiger partial charge in [-0.2, -0.15) is 15.4 Å². The number of carbonyl (C=O) groups excluding carboxylic acids is 1. The highest BCUT2D eigenvalue weighted by atomic mass is 16.5. The van der Waals surface area contributed by atoms with Gasteiger partial charge in [-0.1, -0.05) is 0 Å². The molecule has 1 aromatic carbocycles. The minimum Gasteiger partial charge on any atom is -0.490 e. The molecule has 0 spiro atoms. The molecule has 0 bridgehead atoms. The molecule has 0 saturated carbocycles. The van der Waals surface area contributed by atoms with Gasteiger partial charge in [0.1, 0.15) is 17.5 Å². The number of primary amides is 1. The second-order valence-electron chi connectivity index (χ2n) is 4.84. The fourth-order valence-corrected chi connectivity index (χ4v) is 2.28. The number of nitrogens with two attached hydrogens (primary N) is 1. The number of amides is 1. The van der Waals surface area contributed by atoms with Crippen LogP contribution in [0.5, 0.6) is 5.75 Å². The van der Waals surface area contributed by atoms with Crippen LogP contribution in [0.4, 0.5) is 0 Å². The van der Waals surface area contributed by atoms with Crippen LogP contribution in [0.1, 0.15) is 23.3 Å². The van der Waals surface area contributed by atoms with Gasteiger partial charge in [0.2, 0.25) is 0 Å². The smallest absolute Gasteiger partial charge is 0.271 e. The van der Waals surface area contributed by atoms with Gasteiger partial charge >= 0.3 is 0 Å². The van der Waals surface area contributed by atoms with E-state index in [1.54, 1.807) is 0 Å². The second kappa shape index (κ2) is 5.92. The lowest BCUT2D eigenvalue weighted by Crippen LogP contribution is -2.25. The minimum atomic E-state index is -0.610. The lowest BCUT2D eigenvalue weighted by molar-refractivity contribution is 0.0256. The van der Waals surface area contributed by atoms with Gasteiger partial charge in [-0.3, -0.25) is 4.79 Å². The third-order valence-electron chi connectivity index (χ3n) is 3.38. The summed E-state index contributed by atoms with van der Waals surface area (Å²) in [5, 5.41) is 10.1. The van der Waals surface area contributed by atoms with E-state index in [1.807, 2.05) is 24.3 Å². The molecule has 2 heterocycles. The summed E-state index contributed by atoms with van der Waals surface area (Å²) in [6, 6.07) is 7.37. The molecule has 1 aliphatic heterocycles. The van der Waals surface area contributed by atoms with E-state index in [0.717, 1.165) is 37.4 Å². The Labute approximate surface area is 121 Å².